The number of hydrogen-bond donors (Lipinski definition) is 1. The van der Waals surface area contributed by atoms with E-state index in [0.717, 1.165) is 23.6 Å². The predicted octanol–water partition coefficient (Wildman–Crippen LogP) is 3.58. The quantitative estimate of drug-likeness (QED) is 0.939. The number of methoxy groups -OCH3 is 1. The van der Waals surface area contributed by atoms with Gasteiger partial charge in [-0.15, -0.1) is 0 Å². The van der Waals surface area contributed by atoms with Gasteiger partial charge < -0.3 is 10.5 Å². The highest BCUT2D eigenvalue weighted by molar-refractivity contribution is 5.90. The molecule has 23 heavy (non-hydrogen) atoms. The summed E-state index contributed by atoms with van der Waals surface area (Å²) >= 11 is 0. The lowest BCUT2D eigenvalue weighted by Gasteiger charge is -2.25. The predicted molar refractivity (Wildman–Crippen MR) is 95.2 cm³/mol. The zero-order chi connectivity index (χ0) is 16.4. The minimum Gasteiger partial charge on any atom is -0.497 e. The molecule has 1 aliphatic heterocycles. The topological polar surface area (TPSA) is 50.9 Å². The summed E-state index contributed by atoms with van der Waals surface area (Å²) in [6.45, 7) is 4.75. The number of rotatable bonds is 4. The first-order valence-electron chi connectivity index (χ1n) is 7.89. The van der Waals surface area contributed by atoms with Gasteiger partial charge in [0.25, 0.3) is 0 Å². The van der Waals surface area contributed by atoms with Gasteiger partial charge >= 0.3 is 0 Å². The van der Waals surface area contributed by atoms with Crippen LogP contribution in [0.1, 0.15) is 29.2 Å². The molecule has 0 aliphatic carbocycles. The normalized spacial score (nSPS) is 17.3. The Balaban J connectivity index is 1.96. The lowest BCUT2D eigenvalue weighted by Crippen LogP contribution is -2.18. The van der Waals surface area contributed by atoms with Crippen molar-refractivity contribution in [2.45, 2.75) is 26.3 Å². The molecule has 2 aromatic rings. The van der Waals surface area contributed by atoms with Gasteiger partial charge in [0, 0.05) is 13.0 Å². The highest BCUT2D eigenvalue weighted by atomic mass is 16.5. The number of hydrogen-bond acceptors (Lipinski definition) is 4. The van der Waals surface area contributed by atoms with Gasteiger partial charge in [-0.2, -0.15) is 5.10 Å². The molecular formula is C19H23N3O. The molecule has 1 atom stereocenters. The number of anilines is 1. The molecule has 0 saturated heterocycles. The second-order valence-electron chi connectivity index (χ2n) is 5.98. The Morgan fingerprint density at radius 1 is 1.13 bits per heavy atom. The minimum atomic E-state index is 0.182. The molecule has 4 heteroatoms. The molecule has 0 spiro atoms. The molecule has 1 aliphatic rings. The standard InChI is InChI=1S/C19H23N3O/c1-13-4-7-17(10-14(13)2)22-19(11-16(12-20)21-22)15-5-8-18(23-3)9-6-15/h4-10,19H,11-12,20H2,1-3H3. The summed E-state index contributed by atoms with van der Waals surface area (Å²) < 4.78 is 5.25. The molecule has 2 N–H and O–H groups in total. The number of nitrogens with zero attached hydrogens (tertiary/aromatic N) is 2. The van der Waals surface area contributed by atoms with Gasteiger partial charge in [0.15, 0.2) is 0 Å². The molecule has 120 valence electrons. The smallest absolute Gasteiger partial charge is 0.118 e. The van der Waals surface area contributed by atoms with Crippen LogP contribution in [0, 0.1) is 13.8 Å². The molecular weight excluding hydrogens is 286 g/mol. The summed E-state index contributed by atoms with van der Waals surface area (Å²) in [7, 11) is 1.68. The van der Waals surface area contributed by atoms with Gasteiger partial charge in [-0.05, 0) is 54.8 Å². The number of hydrazone groups is 1. The van der Waals surface area contributed by atoms with Crippen LogP contribution in [0.4, 0.5) is 5.69 Å². The summed E-state index contributed by atoms with van der Waals surface area (Å²) in [5, 5.41) is 6.84. The van der Waals surface area contributed by atoms with Crippen molar-refractivity contribution < 1.29 is 4.74 Å². The van der Waals surface area contributed by atoms with E-state index in [2.05, 4.69) is 49.2 Å². The Labute approximate surface area is 137 Å². The Bertz CT molecular complexity index is 722. The molecule has 0 saturated carbocycles. The lowest BCUT2D eigenvalue weighted by molar-refractivity contribution is 0.414. The zero-order valence-electron chi connectivity index (χ0n) is 13.9. The van der Waals surface area contributed by atoms with Crippen molar-refractivity contribution in [2.75, 3.05) is 18.7 Å². The van der Waals surface area contributed by atoms with E-state index in [1.54, 1.807) is 7.11 Å². The number of aryl methyl sites for hydroxylation is 2. The summed E-state index contributed by atoms with van der Waals surface area (Å²) in [6, 6.07) is 14.8. The average molecular weight is 309 g/mol. The maximum Gasteiger partial charge on any atom is 0.118 e. The van der Waals surface area contributed by atoms with Crippen molar-refractivity contribution in [1.29, 1.82) is 0 Å². The lowest BCUT2D eigenvalue weighted by atomic mass is 10.0. The van der Waals surface area contributed by atoms with Crippen LogP contribution >= 0.6 is 0 Å². The Morgan fingerprint density at radius 2 is 1.87 bits per heavy atom. The zero-order valence-corrected chi connectivity index (χ0v) is 13.9. The highest BCUT2D eigenvalue weighted by Gasteiger charge is 2.28. The van der Waals surface area contributed by atoms with Gasteiger partial charge in [-0.25, -0.2) is 0 Å². The monoisotopic (exact) mass is 309 g/mol. The molecule has 2 aromatic carbocycles. The van der Waals surface area contributed by atoms with Crippen molar-refractivity contribution in [3.8, 4) is 5.75 Å². The molecule has 3 rings (SSSR count). The van der Waals surface area contributed by atoms with Crippen molar-refractivity contribution in [3.05, 3.63) is 59.2 Å². The van der Waals surface area contributed by atoms with Crippen molar-refractivity contribution in [1.82, 2.24) is 0 Å². The number of ether oxygens (including phenoxy) is 1. The van der Waals surface area contributed by atoms with Crippen LogP contribution in [0.3, 0.4) is 0 Å². The molecule has 1 heterocycles. The van der Waals surface area contributed by atoms with Crippen LogP contribution in [0.25, 0.3) is 0 Å². The summed E-state index contributed by atoms with van der Waals surface area (Å²) in [6.07, 6.45) is 0.857. The Kier molecular flexibility index (Phi) is 4.35. The Morgan fingerprint density at radius 3 is 2.48 bits per heavy atom. The molecule has 0 radical (unpaired) electrons. The van der Waals surface area contributed by atoms with E-state index in [0.29, 0.717) is 6.54 Å². The van der Waals surface area contributed by atoms with E-state index < -0.39 is 0 Å². The number of nitrogens with two attached hydrogens (primary N) is 1. The maximum absolute atomic E-state index is 5.84. The first-order valence-corrected chi connectivity index (χ1v) is 7.89. The SMILES string of the molecule is COc1ccc(C2CC(CN)=NN2c2ccc(C)c(C)c2)cc1. The largest absolute Gasteiger partial charge is 0.497 e. The fraction of sp³-hybridized carbons (Fsp3) is 0.316. The van der Waals surface area contributed by atoms with Crippen LogP contribution in [-0.2, 0) is 0 Å². The third kappa shape index (κ3) is 3.08. The molecule has 0 aromatic heterocycles. The average Bonchev–Trinajstić information content (AvgIpc) is 3.02. The van der Waals surface area contributed by atoms with Gasteiger partial charge in [-0.1, -0.05) is 18.2 Å². The van der Waals surface area contributed by atoms with E-state index in [9.17, 15) is 0 Å². The van der Waals surface area contributed by atoms with Gasteiger partial charge in [0.1, 0.15) is 5.75 Å². The molecule has 4 nitrogen and oxygen atoms in total. The fourth-order valence-electron chi connectivity index (χ4n) is 2.89. The van der Waals surface area contributed by atoms with Crippen molar-refractivity contribution >= 4 is 11.4 Å². The number of benzene rings is 2. The molecule has 0 bridgehead atoms. The van der Waals surface area contributed by atoms with Gasteiger partial charge in [-0.3, -0.25) is 5.01 Å². The van der Waals surface area contributed by atoms with Crippen LogP contribution in [0.5, 0.6) is 5.75 Å². The fourth-order valence-corrected chi connectivity index (χ4v) is 2.89. The third-order valence-electron chi connectivity index (χ3n) is 4.46. The van der Waals surface area contributed by atoms with E-state index in [4.69, 9.17) is 15.6 Å². The van der Waals surface area contributed by atoms with E-state index >= 15 is 0 Å². The van der Waals surface area contributed by atoms with Crippen molar-refractivity contribution in [2.24, 2.45) is 10.8 Å². The van der Waals surface area contributed by atoms with Gasteiger partial charge in [0.2, 0.25) is 0 Å². The molecule has 0 amide bonds. The molecule has 0 fully saturated rings. The first-order chi connectivity index (χ1) is 11.1. The summed E-state index contributed by atoms with van der Waals surface area (Å²) in [5.74, 6) is 0.865. The van der Waals surface area contributed by atoms with Crippen molar-refractivity contribution in [3.63, 3.8) is 0 Å². The first kappa shape index (κ1) is 15.6. The highest BCUT2D eigenvalue weighted by Crippen LogP contribution is 2.36. The van der Waals surface area contributed by atoms with E-state index in [-0.39, 0.29) is 6.04 Å². The minimum absolute atomic E-state index is 0.182. The maximum atomic E-state index is 5.84. The summed E-state index contributed by atoms with van der Waals surface area (Å²) in [4.78, 5) is 0. The molecule has 1 unspecified atom stereocenters. The van der Waals surface area contributed by atoms with Crippen LogP contribution in [0.15, 0.2) is 47.6 Å². The van der Waals surface area contributed by atoms with Crippen LogP contribution < -0.4 is 15.5 Å². The van der Waals surface area contributed by atoms with E-state index in [1.807, 2.05) is 12.1 Å². The van der Waals surface area contributed by atoms with Crippen LogP contribution in [-0.4, -0.2) is 19.4 Å². The van der Waals surface area contributed by atoms with Gasteiger partial charge in [0.05, 0.1) is 24.6 Å². The second-order valence-corrected chi connectivity index (χ2v) is 5.98. The third-order valence-corrected chi connectivity index (χ3v) is 4.46. The summed E-state index contributed by atoms with van der Waals surface area (Å²) in [5.41, 5.74) is 11.8. The Hall–Kier alpha value is -2.33. The van der Waals surface area contributed by atoms with E-state index in [1.165, 1.54) is 16.7 Å². The van der Waals surface area contributed by atoms with Crippen LogP contribution in [0.2, 0.25) is 0 Å². The second kappa shape index (κ2) is 6.42.